The maximum atomic E-state index is 13.9. The van der Waals surface area contributed by atoms with Crippen molar-refractivity contribution in [2.45, 2.75) is 131 Å². The van der Waals surface area contributed by atoms with Crippen LogP contribution in [-0.4, -0.2) is 82.0 Å². The maximum Gasteiger partial charge on any atom is 0.326 e. The minimum Gasteiger partial charge on any atom is -0.508 e. The van der Waals surface area contributed by atoms with E-state index in [0.717, 1.165) is 0 Å². The number of hydrogen-bond donors (Lipinski definition) is 8. The van der Waals surface area contributed by atoms with Crippen molar-refractivity contribution >= 4 is 35.5 Å². The van der Waals surface area contributed by atoms with Crippen LogP contribution in [0.4, 0.5) is 0 Å². The first kappa shape index (κ1) is 44.8. The van der Waals surface area contributed by atoms with E-state index < -0.39 is 83.6 Å². The molecule has 14 heteroatoms. The van der Waals surface area contributed by atoms with Crippen molar-refractivity contribution in [3.8, 4) is 5.75 Å². The Labute approximate surface area is 302 Å². The molecule has 0 aromatic heterocycles. The van der Waals surface area contributed by atoms with Crippen LogP contribution in [-0.2, 0) is 35.2 Å². The lowest BCUT2D eigenvalue weighted by Crippen LogP contribution is -2.62. The number of nitrogens with one attached hydrogen (secondary N) is 5. The molecule has 9 atom stereocenters. The van der Waals surface area contributed by atoms with Crippen molar-refractivity contribution in [1.82, 2.24) is 26.6 Å². The van der Waals surface area contributed by atoms with Gasteiger partial charge in [0.05, 0.1) is 6.04 Å². The van der Waals surface area contributed by atoms with Gasteiger partial charge in [0, 0.05) is 6.42 Å². The lowest BCUT2D eigenvalue weighted by molar-refractivity contribution is -0.143. The van der Waals surface area contributed by atoms with Crippen LogP contribution in [0.25, 0.3) is 0 Å². The van der Waals surface area contributed by atoms with Gasteiger partial charge in [0.2, 0.25) is 29.5 Å². The summed E-state index contributed by atoms with van der Waals surface area (Å²) in [6, 6.07) is -0.415. The highest BCUT2D eigenvalue weighted by molar-refractivity contribution is 5.96. The Morgan fingerprint density at radius 1 is 0.569 bits per heavy atom. The van der Waals surface area contributed by atoms with Crippen molar-refractivity contribution in [2.24, 2.45) is 35.3 Å². The Hall–Kier alpha value is -4.20. The zero-order chi connectivity index (χ0) is 39.2. The third kappa shape index (κ3) is 13.8. The molecule has 14 nitrogen and oxygen atoms in total. The Kier molecular flexibility index (Phi) is 18.7. The fourth-order valence-corrected chi connectivity index (χ4v) is 5.29. The highest BCUT2D eigenvalue weighted by Gasteiger charge is 2.37. The molecule has 1 rings (SSSR count). The number of aromatic hydroxyl groups is 1. The van der Waals surface area contributed by atoms with Crippen molar-refractivity contribution in [1.29, 1.82) is 0 Å². The molecule has 0 aliphatic heterocycles. The number of hydrogen-bond acceptors (Lipinski definition) is 8. The minimum absolute atomic E-state index is 0.00703. The molecule has 1 aromatic carbocycles. The van der Waals surface area contributed by atoms with Crippen LogP contribution < -0.4 is 32.3 Å². The SMILES string of the molecule is CC[C@H](C)[C@H](N)C(=O)N[C@H](C(=O)N[C@H](C(=O)N[C@H](C(=O)N[C@@H](Cc1ccc(O)cc1)C(=O)N[C@H](C(=O)O)C(C)C)C(C)C)[C@@H](C)CC)[C@@H](C)CC. The molecule has 0 fully saturated rings. The van der Waals surface area contributed by atoms with Crippen LogP contribution in [0, 0.1) is 29.6 Å². The van der Waals surface area contributed by atoms with Gasteiger partial charge in [0.25, 0.3) is 0 Å². The van der Waals surface area contributed by atoms with Crippen LogP contribution in [0.1, 0.15) is 94.1 Å². The van der Waals surface area contributed by atoms with Gasteiger partial charge in [-0.25, -0.2) is 4.79 Å². The number of amides is 5. The number of rotatable bonds is 21. The second-order valence-corrected chi connectivity index (χ2v) is 14.4. The minimum atomic E-state index is -1.23. The summed E-state index contributed by atoms with van der Waals surface area (Å²) in [4.78, 5) is 79.6. The number of aliphatic carboxylic acids is 1. The van der Waals surface area contributed by atoms with E-state index in [9.17, 15) is 39.0 Å². The molecule has 288 valence electrons. The number of phenols is 1. The van der Waals surface area contributed by atoms with Gasteiger partial charge in [0.1, 0.15) is 36.0 Å². The van der Waals surface area contributed by atoms with Crippen molar-refractivity contribution in [2.75, 3.05) is 0 Å². The average Bonchev–Trinajstić information content (AvgIpc) is 3.08. The number of carboxylic acid groups (broad SMARTS) is 1. The number of benzene rings is 1. The molecule has 9 N–H and O–H groups in total. The molecule has 0 unspecified atom stereocenters. The topological polar surface area (TPSA) is 229 Å². The Balaban J connectivity index is 3.34. The molecule has 0 spiro atoms. The summed E-state index contributed by atoms with van der Waals surface area (Å²) >= 11 is 0. The molecule has 0 saturated carbocycles. The van der Waals surface area contributed by atoms with Crippen LogP contribution in [0.3, 0.4) is 0 Å². The standard InChI is InChI=1S/C37H62N6O8/c1-11-21(8)27(38)33(46)42-30(22(9)12-2)36(49)43-31(23(10)13-3)35(48)40-28(19(4)5)34(47)39-26(18-24-14-16-25(44)17-15-24)32(45)41-29(20(6)7)37(50)51/h14-17,19-23,26-31,44H,11-13,18,38H2,1-10H3,(H,39,47)(H,40,48)(H,41,45)(H,42,46)(H,43,49)(H,50,51)/t21-,22-,23-,26-,27-,28-,29-,30-,31-/m0/s1. The molecule has 0 aliphatic rings. The largest absolute Gasteiger partial charge is 0.508 e. The summed E-state index contributed by atoms with van der Waals surface area (Å²) in [6.45, 7) is 17.8. The molecule has 5 amide bonds. The third-order valence-corrected chi connectivity index (χ3v) is 9.63. The lowest BCUT2D eigenvalue weighted by Gasteiger charge is -2.32. The number of carboxylic acids is 1. The van der Waals surface area contributed by atoms with Crippen LogP contribution in [0.5, 0.6) is 5.75 Å². The number of carbonyl (C=O) groups excluding carboxylic acids is 5. The van der Waals surface area contributed by atoms with Gasteiger partial charge in [0.15, 0.2) is 0 Å². The summed E-state index contributed by atoms with van der Waals surface area (Å²) < 4.78 is 0. The highest BCUT2D eigenvalue weighted by atomic mass is 16.4. The summed E-state index contributed by atoms with van der Waals surface area (Å²) in [6.07, 6.45) is 1.72. The van der Waals surface area contributed by atoms with Gasteiger partial charge in [-0.2, -0.15) is 0 Å². The van der Waals surface area contributed by atoms with E-state index in [2.05, 4.69) is 26.6 Å². The molecule has 0 aliphatic carbocycles. The lowest BCUT2D eigenvalue weighted by atomic mass is 9.93. The quantitative estimate of drug-likeness (QED) is 0.0931. The van der Waals surface area contributed by atoms with E-state index in [1.54, 1.807) is 46.8 Å². The summed E-state index contributed by atoms with van der Waals surface area (Å²) in [5.74, 6) is -5.94. The van der Waals surface area contributed by atoms with Gasteiger partial charge in [-0.05, 0) is 47.3 Å². The van der Waals surface area contributed by atoms with E-state index >= 15 is 0 Å². The Morgan fingerprint density at radius 3 is 1.37 bits per heavy atom. The molecular weight excluding hydrogens is 656 g/mol. The summed E-state index contributed by atoms with van der Waals surface area (Å²) in [5.41, 5.74) is 6.72. The van der Waals surface area contributed by atoms with Crippen molar-refractivity contribution < 1.29 is 39.0 Å². The van der Waals surface area contributed by atoms with Crippen molar-refractivity contribution in [3.05, 3.63) is 29.8 Å². The zero-order valence-electron chi connectivity index (χ0n) is 31.9. The van der Waals surface area contributed by atoms with Gasteiger partial charge in [-0.1, -0.05) is 101 Å². The Morgan fingerprint density at radius 2 is 0.961 bits per heavy atom. The second-order valence-electron chi connectivity index (χ2n) is 14.4. The normalized spacial score (nSPS) is 16.7. The molecule has 1 aromatic rings. The van der Waals surface area contributed by atoms with E-state index in [1.165, 1.54) is 12.1 Å². The van der Waals surface area contributed by atoms with E-state index in [4.69, 9.17) is 5.73 Å². The van der Waals surface area contributed by atoms with Crippen molar-refractivity contribution in [3.63, 3.8) is 0 Å². The zero-order valence-corrected chi connectivity index (χ0v) is 31.9. The maximum absolute atomic E-state index is 13.9. The van der Waals surface area contributed by atoms with Crippen LogP contribution in [0.15, 0.2) is 24.3 Å². The molecule has 51 heavy (non-hydrogen) atoms. The summed E-state index contributed by atoms with van der Waals surface area (Å²) in [7, 11) is 0. The third-order valence-electron chi connectivity index (χ3n) is 9.63. The first-order valence-electron chi connectivity index (χ1n) is 18.1. The number of phenolic OH excluding ortho intramolecular Hbond substituents is 1. The van der Waals surface area contributed by atoms with E-state index in [-0.39, 0.29) is 29.9 Å². The molecular formula is C37H62N6O8. The summed E-state index contributed by atoms with van der Waals surface area (Å²) in [5, 5.41) is 32.9. The molecule has 0 radical (unpaired) electrons. The highest BCUT2D eigenvalue weighted by Crippen LogP contribution is 2.16. The molecule has 0 saturated heterocycles. The van der Waals surface area contributed by atoms with Gasteiger partial charge < -0.3 is 42.5 Å². The van der Waals surface area contributed by atoms with Gasteiger partial charge in [-0.3, -0.25) is 24.0 Å². The fraction of sp³-hybridized carbons (Fsp3) is 0.676. The fourth-order valence-electron chi connectivity index (χ4n) is 5.29. The monoisotopic (exact) mass is 718 g/mol. The van der Waals surface area contributed by atoms with Gasteiger partial charge in [-0.15, -0.1) is 0 Å². The molecule has 0 bridgehead atoms. The first-order chi connectivity index (χ1) is 23.8. The van der Waals surface area contributed by atoms with Crippen LogP contribution >= 0.6 is 0 Å². The second kappa shape index (κ2) is 21.2. The molecule has 0 heterocycles. The average molecular weight is 719 g/mol. The first-order valence-corrected chi connectivity index (χ1v) is 18.1. The predicted molar refractivity (Wildman–Crippen MR) is 195 cm³/mol. The number of carbonyl (C=O) groups is 6. The van der Waals surface area contributed by atoms with Gasteiger partial charge >= 0.3 is 5.97 Å². The van der Waals surface area contributed by atoms with Crippen LogP contribution in [0.2, 0.25) is 0 Å². The van der Waals surface area contributed by atoms with E-state index in [1.807, 2.05) is 34.6 Å². The number of nitrogens with two attached hydrogens (primary N) is 1. The Bertz CT molecular complexity index is 1320. The predicted octanol–water partition coefficient (Wildman–Crippen LogP) is 2.22. The smallest absolute Gasteiger partial charge is 0.326 e. The van der Waals surface area contributed by atoms with E-state index in [0.29, 0.717) is 24.8 Å².